The van der Waals surface area contributed by atoms with Crippen LogP contribution < -0.4 is 5.32 Å². The van der Waals surface area contributed by atoms with Crippen molar-refractivity contribution in [3.05, 3.63) is 62.3 Å². The molecule has 0 amide bonds. The van der Waals surface area contributed by atoms with Crippen molar-refractivity contribution in [3.8, 4) is 0 Å². The lowest BCUT2D eigenvalue weighted by molar-refractivity contribution is -0.384. The van der Waals surface area contributed by atoms with E-state index in [1.807, 2.05) is 5.38 Å². The fourth-order valence-corrected chi connectivity index (χ4v) is 2.76. The summed E-state index contributed by atoms with van der Waals surface area (Å²) in [5, 5.41) is 28.1. The van der Waals surface area contributed by atoms with Gasteiger partial charge in [0.25, 0.3) is 5.69 Å². The van der Waals surface area contributed by atoms with Crippen LogP contribution in [-0.2, 0) is 6.42 Å². The summed E-state index contributed by atoms with van der Waals surface area (Å²) in [6.07, 6.45) is 0.243. The van der Waals surface area contributed by atoms with Crippen molar-refractivity contribution in [3.63, 3.8) is 0 Å². The summed E-state index contributed by atoms with van der Waals surface area (Å²) in [4.78, 5) is 10.1. The molecule has 0 aliphatic carbocycles. The van der Waals surface area contributed by atoms with Crippen LogP contribution in [0.4, 0.5) is 5.69 Å². The predicted octanol–water partition coefficient (Wildman–Crippen LogP) is 2.91. The van der Waals surface area contributed by atoms with E-state index in [1.54, 1.807) is 23.5 Å². The van der Waals surface area contributed by atoms with Crippen LogP contribution in [0.3, 0.4) is 0 Å². The molecule has 2 unspecified atom stereocenters. The molecule has 0 radical (unpaired) electrons. The first-order valence-corrected chi connectivity index (χ1v) is 7.67. The molecule has 0 spiro atoms. The van der Waals surface area contributed by atoms with Gasteiger partial charge in [0.05, 0.1) is 11.0 Å². The van der Waals surface area contributed by atoms with Gasteiger partial charge in [-0.15, -0.1) is 0 Å². The van der Waals surface area contributed by atoms with Crippen molar-refractivity contribution >= 4 is 17.0 Å². The lowest BCUT2D eigenvalue weighted by Crippen LogP contribution is -2.31. The minimum absolute atomic E-state index is 0.0322. The summed E-state index contributed by atoms with van der Waals surface area (Å²) in [6.45, 7) is 2.49. The van der Waals surface area contributed by atoms with Gasteiger partial charge in [0.2, 0.25) is 0 Å². The van der Waals surface area contributed by atoms with Crippen LogP contribution in [0.5, 0.6) is 0 Å². The Morgan fingerprint density at radius 2 is 2.05 bits per heavy atom. The summed E-state index contributed by atoms with van der Waals surface area (Å²) in [6, 6.07) is 8.35. The van der Waals surface area contributed by atoms with Crippen molar-refractivity contribution in [2.24, 2.45) is 0 Å². The lowest BCUT2D eigenvalue weighted by atomic mass is 10.1. The van der Waals surface area contributed by atoms with Crippen LogP contribution in [0, 0.1) is 10.1 Å². The lowest BCUT2D eigenvalue weighted by Gasteiger charge is -2.17. The van der Waals surface area contributed by atoms with Gasteiger partial charge in [0.15, 0.2) is 0 Å². The van der Waals surface area contributed by atoms with E-state index in [0.29, 0.717) is 12.1 Å². The second-order valence-electron chi connectivity index (χ2n) is 5.01. The zero-order valence-corrected chi connectivity index (χ0v) is 12.5. The monoisotopic (exact) mass is 306 g/mol. The third-order valence-corrected chi connectivity index (χ3v) is 4.00. The molecule has 0 saturated heterocycles. The average Bonchev–Trinajstić information content (AvgIpc) is 2.97. The highest BCUT2D eigenvalue weighted by Crippen LogP contribution is 2.17. The van der Waals surface area contributed by atoms with Crippen LogP contribution in [0.15, 0.2) is 41.1 Å². The topological polar surface area (TPSA) is 75.4 Å². The summed E-state index contributed by atoms with van der Waals surface area (Å²) < 4.78 is 0. The maximum atomic E-state index is 10.6. The van der Waals surface area contributed by atoms with Gasteiger partial charge in [-0.05, 0) is 53.4 Å². The molecule has 0 aliphatic rings. The number of aliphatic hydroxyl groups is 1. The van der Waals surface area contributed by atoms with Gasteiger partial charge >= 0.3 is 0 Å². The van der Waals surface area contributed by atoms with Crippen molar-refractivity contribution in [2.75, 3.05) is 6.54 Å². The van der Waals surface area contributed by atoms with Gasteiger partial charge in [-0.25, -0.2) is 0 Å². The Balaban J connectivity index is 1.83. The summed E-state index contributed by atoms with van der Waals surface area (Å²) in [5.41, 5.74) is 1.99. The van der Waals surface area contributed by atoms with Gasteiger partial charge in [-0.3, -0.25) is 10.1 Å². The summed E-state index contributed by atoms with van der Waals surface area (Å²) in [5.74, 6) is 0. The third-order valence-electron chi connectivity index (χ3n) is 3.27. The molecule has 1 heterocycles. The quantitative estimate of drug-likeness (QED) is 0.609. The maximum absolute atomic E-state index is 10.6. The first kappa shape index (κ1) is 15.6. The van der Waals surface area contributed by atoms with Crippen molar-refractivity contribution in [2.45, 2.75) is 25.5 Å². The van der Waals surface area contributed by atoms with Gasteiger partial charge in [-0.1, -0.05) is 0 Å². The normalized spacial score (nSPS) is 13.8. The second kappa shape index (κ2) is 7.31. The minimum atomic E-state index is -0.671. The Hall–Kier alpha value is -1.76. The highest BCUT2D eigenvalue weighted by atomic mass is 32.1. The fourth-order valence-electron chi connectivity index (χ4n) is 2.08. The number of aliphatic hydroxyl groups excluding tert-OH is 1. The zero-order chi connectivity index (χ0) is 15.2. The predicted molar refractivity (Wildman–Crippen MR) is 83.5 cm³/mol. The molecular formula is C15H18N2O3S. The molecule has 0 saturated carbocycles. The molecule has 1 aromatic carbocycles. The van der Waals surface area contributed by atoms with Crippen molar-refractivity contribution < 1.29 is 10.0 Å². The number of nitrogens with one attached hydrogen (secondary N) is 1. The number of nitro groups is 1. The molecule has 5 nitrogen and oxygen atoms in total. The van der Waals surface area contributed by atoms with E-state index < -0.39 is 11.0 Å². The Morgan fingerprint density at radius 3 is 2.62 bits per heavy atom. The molecule has 2 aromatic rings. The highest BCUT2D eigenvalue weighted by molar-refractivity contribution is 7.07. The van der Waals surface area contributed by atoms with E-state index in [9.17, 15) is 15.2 Å². The molecular weight excluding hydrogens is 288 g/mol. The van der Waals surface area contributed by atoms with E-state index in [2.05, 4.69) is 23.7 Å². The van der Waals surface area contributed by atoms with Gasteiger partial charge in [0, 0.05) is 24.7 Å². The molecule has 0 fully saturated rings. The smallest absolute Gasteiger partial charge is 0.269 e. The van der Waals surface area contributed by atoms with Gasteiger partial charge in [-0.2, -0.15) is 11.3 Å². The minimum Gasteiger partial charge on any atom is -0.387 e. The van der Waals surface area contributed by atoms with E-state index >= 15 is 0 Å². The molecule has 2 atom stereocenters. The second-order valence-corrected chi connectivity index (χ2v) is 5.79. The molecule has 21 heavy (non-hydrogen) atoms. The van der Waals surface area contributed by atoms with E-state index in [4.69, 9.17) is 0 Å². The number of hydrogen-bond acceptors (Lipinski definition) is 5. The average molecular weight is 306 g/mol. The number of nitro benzene ring substituents is 1. The van der Waals surface area contributed by atoms with Crippen molar-refractivity contribution in [1.82, 2.24) is 5.32 Å². The number of nitrogens with zero attached hydrogens (tertiary/aromatic N) is 1. The third kappa shape index (κ3) is 4.63. The van der Waals surface area contributed by atoms with E-state index in [0.717, 1.165) is 6.42 Å². The first-order valence-electron chi connectivity index (χ1n) is 6.73. The van der Waals surface area contributed by atoms with Crippen LogP contribution in [0.2, 0.25) is 0 Å². The van der Waals surface area contributed by atoms with Crippen LogP contribution in [0.25, 0.3) is 0 Å². The standard InChI is InChI=1S/C15H18N2O3S/c1-11(8-12-6-7-21-10-12)16-9-15(18)13-2-4-14(5-3-13)17(19)20/h2-7,10-11,15-16,18H,8-9H2,1H3. The fraction of sp³-hybridized carbons (Fsp3) is 0.333. The molecule has 2 rings (SSSR count). The van der Waals surface area contributed by atoms with Gasteiger partial charge < -0.3 is 10.4 Å². The first-order chi connectivity index (χ1) is 10.1. The zero-order valence-electron chi connectivity index (χ0n) is 11.7. The van der Waals surface area contributed by atoms with Crippen molar-refractivity contribution in [1.29, 1.82) is 0 Å². The number of non-ortho nitro benzene ring substituents is 1. The Labute approximate surface area is 127 Å². The van der Waals surface area contributed by atoms with Crippen LogP contribution in [-0.4, -0.2) is 22.6 Å². The molecule has 0 bridgehead atoms. The largest absolute Gasteiger partial charge is 0.387 e. The van der Waals surface area contributed by atoms with Crippen LogP contribution in [0.1, 0.15) is 24.2 Å². The van der Waals surface area contributed by atoms with E-state index in [-0.39, 0.29) is 11.7 Å². The van der Waals surface area contributed by atoms with Gasteiger partial charge in [0.1, 0.15) is 0 Å². The number of hydrogen-bond donors (Lipinski definition) is 2. The number of thiophene rings is 1. The molecule has 112 valence electrons. The maximum Gasteiger partial charge on any atom is 0.269 e. The summed E-state index contributed by atoms with van der Waals surface area (Å²) >= 11 is 1.67. The van der Waals surface area contributed by atoms with E-state index in [1.165, 1.54) is 17.7 Å². The Bertz CT molecular complexity index is 569. The molecule has 2 N–H and O–H groups in total. The number of benzene rings is 1. The van der Waals surface area contributed by atoms with Crippen LogP contribution >= 0.6 is 11.3 Å². The highest BCUT2D eigenvalue weighted by Gasteiger charge is 2.12. The molecule has 6 heteroatoms. The Kier molecular flexibility index (Phi) is 5.44. The SMILES string of the molecule is CC(Cc1ccsc1)NCC(O)c1ccc([N+](=O)[O-])cc1. The molecule has 0 aliphatic heterocycles. The Morgan fingerprint density at radius 1 is 1.33 bits per heavy atom. The molecule has 1 aromatic heterocycles. The summed E-state index contributed by atoms with van der Waals surface area (Å²) in [7, 11) is 0. The number of rotatable bonds is 7.